The fourth-order valence-electron chi connectivity index (χ4n) is 3.80. The number of carbonyl (C=O) groups excluding carboxylic acids is 1. The molecule has 1 saturated heterocycles. The van der Waals surface area contributed by atoms with Crippen molar-refractivity contribution in [2.75, 3.05) is 45.9 Å². The number of carbonyl (C=O) groups is 1. The van der Waals surface area contributed by atoms with E-state index in [9.17, 15) is 4.79 Å². The molecule has 2 aliphatic heterocycles. The summed E-state index contributed by atoms with van der Waals surface area (Å²) >= 11 is 0. The van der Waals surface area contributed by atoms with Crippen LogP contribution >= 0.6 is 0 Å². The molecule has 0 radical (unpaired) electrons. The highest BCUT2D eigenvalue weighted by Crippen LogP contribution is 2.18. The number of likely N-dealkylation sites (tertiary alicyclic amines) is 1. The Morgan fingerprint density at radius 2 is 2.00 bits per heavy atom. The zero-order valence-corrected chi connectivity index (χ0v) is 17.1. The Morgan fingerprint density at radius 1 is 1.14 bits per heavy atom. The van der Waals surface area contributed by atoms with Crippen LogP contribution in [0.25, 0.3) is 0 Å². The third kappa shape index (κ3) is 6.82. The van der Waals surface area contributed by atoms with Crippen LogP contribution in [-0.4, -0.2) is 67.5 Å². The summed E-state index contributed by atoms with van der Waals surface area (Å²) in [5.74, 6) is 1.56. The molecule has 0 saturated carbocycles. The minimum absolute atomic E-state index is 0.263. The Labute approximate surface area is 168 Å². The standard InChI is InChI=1S/C22H33N3O3/c1-19(26)28-18-22-23-10-6-13-25(22)14-7-15-27-21-9-5-8-20(16-21)17-24-11-3-2-4-12-24/h5,8-9,16H,2-4,6-7,10-15,17-18H2,1H3. The Balaban J connectivity index is 1.40. The van der Waals surface area contributed by atoms with Crippen LogP contribution in [0.5, 0.6) is 5.75 Å². The molecule has 28 heavy (non-hydrogen) atoms. The van der Waals surface area contributed by atoms with Gasteiger partial charge in [0.25, 0.3) is 0 Å². The van der Waals surface area contributed by atoms with Crippen molar-refractivity contribution in [1.29, 1.82) is 0 Å². The van der Waals surface area contributed by atoms with Crippen molar-refractivity contribution < 1.29 is 14.3 Å². The lowest BCUT2D eigenvalue weighted by Gasteiger charge is -2.29. The van der Waals surface area contributed by atoms with E-state index in [1.807, 2.05) is 6.07 Å². The maximum atomic E-state index is 11.0. The average Bonchev–Trinajstić information content (AvgIpc) is 2.71. The summed E-state index contributed by atoms with van der Waals surface area (Å²) in [6, 6.07) is 8.48. The summed E-state index contributed by atoms with van der Waals surface area (Å²) < 4.78 is 11.1. The number of hydrogen-bond donors (Lipinski definition) is 0. The molecule has 0 aromatic heterocycles. The number of hydrogen-bond acceptors (Lipinski definition) is 6. The second-order valence-electron chi connectivity index (χ2n) is 7.61. The van der Waals surface area contributed by atoms with E-state index in [1.54, 1.807) is 0 Å². The summed E-state index contributed by atoms with van der Waals surface area (Å²) in [4.78, 5) is 20.3. The molecule has 154 valence electrons. The first-order valence-corrected chi connectivity index (χ1v) is 10.6. The molecule has 1 aromatic carbocycles. The number of esters is 1. The molecule has 6 nitrogen and oxygen atoms in total. The Kier molecular flexibility index (Phi) is 8.15. The van der Waals surface area contributed by atoms with Crippen LogP contribution < -0.4 is 4.74 Å². The first-order chi connectivity index (χ1) is 13.7. The monoisotopic (exact) mass is 387 g/mol. The zero-order chi connectivity index (χ0) is 19.6. The van der Waals surface area contributed by atoms with Crippen molar-refractivity contribution >= 4 is 11.8 Å². The van der Waals surface area contributed by atoms with E-state index in [1.165, 1.54) is 44.8 Å². The molecular weight excluding hydrogens is 354 g/mol. The van der Waals surface area contributed by atoms with Crippen molar-refractivity contribution in [2.45, 2.75) is 45.6 Å². The van der Waals surface area contributed by atoms with Crippen molar-refractivity contribution in [3.8, 4) is 5.75 Å². The van der Waals surface area contributed by atoms with Crippen LogP contribution in [0, 0.1) is 0 Å². The minimum Gasteiger partial charge on any atom is -0.494 e. The molecule has 6 heteroatoms. The van der Waals surface area contributed by atoms with Crippen LogP contribution in [0.2, 0.25) is 0 Å². The lowest BCUT2D eigenvalue weighted by molar-refractivity contribution is -0.139. The van der Waals surface area contributed by atoms with Gasteiger partial charge in [0.1, 0.15) is 18.2 Å². The Morgan fingerprint density at radius 3 is 2.82 bits per heavy atom. The van der Waals surface area contributed by atoms with Gasteiger partial charge in [-0.2, -0.15) is 0 Å². The van der Waals surface area contributed by atoms with Gasteiger partial charge in [-0.05, 0) is 56.5 Å². The molecule has 0 atom stereocenters. The second kappa shape index (κ2) is 11.1. The summed E-state index contributed by atoms with van der Waals surface area (Å²) in [5, 5.41) is 0. The molecular formula is C22H33N3O3. The summed E-state index contributed by atoms with van der Waals surface area (Å²) in [5.41, 5.74) is 1.33. The topological polar surface area (TPSA) is 54.4 Å². The highest BCUT2D eigenvalue weighted by atomic mass is 16.5. The van der Waals surface area contributed by atoms with Crippen molar-refractivity contribution in [3.05, 3.63) is 29.8 Å². The summed E-state index contributed by atoms with van der Waals surface area (Å²) in [6.07, 6.45) is 5.95. The lowest BCUT2D eigenvalue weighted by atomic mass is 10.1. The third-order valence-electron chi connectivity index (χ3n) is 5.24. The lowest BCUT2D eigenvalue weighted by Crippen LogP contribution is -2.39. The van der Waals surface area contributed by atoms with Crippen molar-refractivity contribution in [2.24, 2.45) is 4.99 Å². The molecule has 0 N–H and O–H groups in total. The van der Waals surface area contributed by atoms with E-state index >= 15 is 0 Å². The quantitative estimate of drug-likeness (QED) is 0.481. The Hall–Kier alpha value is -2.08. The number of piperidine rings is 1. The van der Waals surface area contributed by atoms with Gasteiger partial charge >= 0.3 is 5.97 Å². The number of rotatable bonds is 9. The number of benzene rings is 1. The molecule has 2 aliphatic rings. The van der Waals surface area contributed by atoms with Gasteiger partial charge in [-0.1, -0.05) is 18.6 Å². The highest BCUT2D eigenvalue weighted by Gasteiger charge is 2.16. The van der Waals surface area contributed by atoms with Gasteiger partial charge in [-0.25, -0.2) is 0 Å². The summed E-state index contributed by atoms with van der Waals surface area (Å²) in [7, 11) is 0. The molecule has 0 unspecified atom stereocenters. The minimum atomic E-state index is -0.263. The van der Waals surface area contributed by atoms with E-state index in [0.717, 1.165) is 50.6 Å². The Bertz CT molecular complexity index is 656. The molecule has 1 fully saturated rings. The number of aliphatic imine (C=N–C) groups is 1. The average molecular weight is 388 g/mol. The van der Waals surface area contributed by atoms with Crippen LogP contribution in [-0.2, 0) is 16.1 Å². The van der Waals surface area contributed by atoms with E-state index in [2.05, 4.69) is 33.0 Å². The number of ether oxygens (including phenoxy) is 2. The van der Waals surface area contributed by atoms with Crippen LogP contribution in [0.15, 0.2) is 29.3 Å². The third-order valence-corrected chi connectivity index (χ3v) is 5.24. The van der Waals surface area contributed by atoms with Gasteiger partial charge in [0.15, 0.2) is 0 Å². The zero-order valence-electron chi connectivity index (χ0n) is 17.1. The molecule has 1 aromatic rings. The largest absolute Gasteiger partial charge is 0.494 e. The summed E-state index contributed by atoms with van der Waals surface area (Å²) in [6.45, 7) is 8.45. The van der Waals surface area contributed by atoms with E-state index in [0.29, 0.717) is 6.61 Å². The van der Waals surface area contributed by atoms with Crippen LogP contribution in [0.1, 0.15) is 44.6 Å². The van der Waals surface area contributed by atoms with Crippen molar-refractivity contribution in [1.82, 2.24) is 9.80 Å². The predicted molar refractivity (Wildman–Crippen MR) is 111 cm³/mol. The van der Waals surface area contributed by atoms with Gasteiger partial charge < -0.3 is 14.4 Å². The first-order valence-electron chi connectivity index (χ1n) is 10.6. The molecule has 3 rings (SSSR count). The van der Waals surface area contributed by atoms with Gasteiger partial charge in [-0.15, -0.1) is 0 Å². The molecule has 0 bridgehead atoms. The van der Waals surface area contributed by atoms with Gasteiger partial charge in [0.05, 0.1) is 6.61 Å². The molecule has 0 amide bonds. The fraction of sp³-hybridized carbons (Fsp3) is 0.636. The number of nitrogens with zero attached hydrogens (tertiary/aromatic N) is 3. The predicted octanol–water partition coefficient (Wildman–Crippen LogP) is 3.11. The fourth-order valence-corrected chi connectivity index (χ4v) is 3.80. The maximum Gasteiger partial charge on any atom is 0.303 e. The van der Waals surface area contributed by atoms with E-state index < -0.39 is 0 Å². The van der Waals surface area contributed by atoms with Gasteiger partial charge in [0, 0.05) is 33.1 Å². The van der Waals surface area contributed by atoms with Crippen molar-refractivity contribution in [3.63, 3.8) is 0 Å². The smallest absolute Gasteiger partial charge is 0.303 e. The number of amidine groups is 1. The van der Waals surface area contributed by atoms with E-state index in [4.69, 9.17) is 9.47 Å². The molecule has 0 aliphatic carbocycles. The van der Waals surface area contributed by atoms with Crippen LogP contribution in [0.4, 0.5) is 0 Å². The van der Waals surface area contributed by atoms with Gasteiger partial charge in [0.2, 0.25) is 0 Å². The maximum absolute atomic E-state index is 11.0. The highest BCUT2D eigenvalue weighted by molar-refractivity contribution is 5.85. The SMILES string of the molecule is CC(=O)OCC1=NCCCN1CCCOc1cccc(CN2CCCCC2)c1. The van der Waals surface area contributed by atoms with Gasteiger partial charge in [-0.3, -0.25) is 14.7 Å². The van der Waals surface area contributed by atoms with Crippen LogP contribution in [0.3, 0.4) is 0 Å². The molecule has 2 heterocycles. The first kappa shape index (κ1) is 20.6. The molecule has 0 spiro atoms. The van der Waals surface area contributed by atoms with E-state index in [-0.39, 0.29) is 12.6 Å². The normalized spacial score (nSPS) is 17.9. The second-order valence-corrected chi connectivity index (χ2v) is 7.61.